The van der Waals surface area contributed by atoms with Crippen molar-refractivity contribution >= 4 is 23.1 Å². The number of hydrogen-bond acceptors (Lipinski definition) is 3. The number of hydrogen-bond donors (Lipinski definition) is 1. The van der Waals surface area contributed by atoms with Gasteiger partial charge in [-0.2, -0.15) is 0 Å². The van der Waals surface area contributed by atoms with Gasteiger partial charge in [-0.1, -0.05) is 33.0 Å². The Hall–Kier alpha value is -0.680. The lowest BCUT2D eigenvalue weighted by Gasteiger charge is -2.42. The van der Waals surface area contributed by atoms with E-state index in [0.29, 0.717) is 18.0 Å². The van der Waals surface area contributed by atoms with Gasteiger partial charge < -0.3 is 15.4 Å². The van der Waals surface area contributed by atoms with E-state index in [4.69, 9.17) is 22.7 Å². The minimum Gasteiger partial charge on any atom is -0.393 e. The Morgan fingerprint density at radius 3 is 2.16 bits per heavy atom. The first kappa shape index (κ1) is 18.3. The maximum atomic E-state index is 12.2. The molecule has 1 amide bonds. The first-order valence-corrected chi connectivity index (χ1v) is 6.98. The molecule has 0 saturated carbocycles. The number of amides is 1. The summed E-state index contributed by atoms with van der Waals surface area (Å²) in [6, 6.07) is 0. The summed E-state index contributed by atoms with van der Waals surface area (Å²) in [5.74, 6) is -0.0204. The Balaban J connectivity index is 4.98. The van der Waals surface area contributed by atoms with E-state index in [0.717, 1.165) is 6.42 Å². The number of nitrogens with zero attached hydrogens (tertiary/aromatic N) is 1. The zero-order valence-corrected chi connectivity index (χ0v) is 13.9. The molecule has 0 spiro atoms. The molecule has 112 valence electrons. The maximum absolute atomic E-state index is 12.2. The van der Waals surface area contributed by atoms with E-state index in [1.165, 1.54) is 7.11 Å². The van der Waals surface area contributed by atoms with Crippen LogP contribution in [0.3, 0.4) is 0 Å². The van der Waals surface area contributed by atoms with Crippen LogP contribution in [0, 0.1) is 5.41 Å². The fourth-order valence-electron chi connectivity index (χ4n) is 2.58. The molecule has 19 heavy (non-hydrogen) atoms. The van der Waals surface area contributed by atoms with Gasteiger partial charge in [-0.05, 0) is 25.7 Å². The van der Waals surface area contributed by atoms with Crippen LogP contribution in [0.15, 0.2) is 0 Å². The Morgan fingerprint density at radius 2 is 1.79 bits per heavy atom. The maximum Gasteiger partial charge on any atom is 0.249 e. The third kappa shape index (κ3) is 7.47. The molecule has 0 aliphatic heterocycles. The molecule has 0 heterocycles. The largest absolute Gasteiger partial charge is 0.393 e. The lowest BCUT2D eigenvalue weighted by atomic mass is 9.80. The Morgan fingerprint density at radius 1 is 1.26 bits per heavy atom. The highest BCUT2D eigenvalue weighted by Gasteiger charge is 2.34. The minimum absolute atomic E-state index is 0.0204. The van der Waals surface area contributed by atoms with Gasteiger partial charge in [-0.25, -0.2) is 0 Å². The van der Waals surface area contributed by atoms with Crippen LogP contribution in [0.1, 0.15) is 47.5 Å². The number of rotatable bonds is 7. The summed E-state index contributed by atoms with van der Waals surface area (Å²) in [5.41, 5.74) is 5.43. The molecule has 0 fully saturated rings. The molecular formula is C14H28N2O2S. The van der Waals surface area contributed by atoms with Crippen molar-refractivity contribution in [1.29, 1.82) is 0 Å². The summed E-state index contributed by atoms with van der Waals surface area (Å²) >= 11 is 4.91. The summed E-state index contributed by atoms with van der Waals surface area (Å²) in [5, 5.41) is 0. The molecular weight excluding hydrogens is 260 g/mol. The molecule has 0 aromatic heterocycles. The molecule has 0 aromatic rings. The van der Waals surface area contributed by atoms with Crippen molar-refractivity contribution in [3.63, 3.8) is 0 Å². The number of thiocarbonyl (C=S) groups is 1. The second kappa shape index (κ2) is 7.20. The van der Waals surface area contributed by atoms with Crippen molar-refractivity contribution in [3.8, 4) is 0 Å². The number of nitrogens with two attached hydrogens (primary N) is 1. The van der Waals surface area contributed by atoms with E-state index in [1.54, 1.807) is 0 Å². The first-order valence-electron chi connectivity index (χ1n) is 6.57. The standard InChI is InChI=1S/C14H28N2O2S/c1-13(2,3)10-14(4,5)16(8-7-11(15)19)12(17)9-18-6/h7-10H2,1-6H3,(H2,15,19). The van der Waals surface area contributed by atoms with Gasteiger partial charge in [0.05, 0.1) is 4.99 Å². The van der Waals surface area contributed by atoms with Crippen LogP contribution in [0.4, 0.5) is 0 Å². The zero-order chi connectivity index (χ0) is 15.3. The fraction of sp³-hybridized carbons (Fsp3) is 0.857. The third-order valence-corrected chi connectivity index (χ3v) is 3.05. The Bertz CT molecular complexity index is 322. The van der Waals surface area contributed by atoms with Crippen LogP contribution in [0.5, 0.6) is 0 Å². The number of carbonyl (C=O) groups is 1. The molecule has 0 unspecified atom stereocenters. The lowest BCUT2D eigenvalue weighted by molar-refractivity contribution is -0.141. The molecule has 2 N–H and O–H groups in total. The van der Waals surface area contributed by atoms with Crippen molar-refractivity contribution in [2.75, 3.05) is 20.3 Å². The Labute approximate surface area is 122 Å². The van der Waals surface area contributed by atoms with E-state index in [-0.39, 0.29) is 23.5 Å². The van der Waals surface area contributed by atoms with Crippen LogP contribution < -0.4 is 5.73 Å². The molecule has 0 saturated heterocycles. The monoisotopic (exact) mass is 288 g/mol. The van der Waals surface area contributed by atoms with E-state index in [1.807, 2.05) is 4.90 Å². The van der Waals surface area contributed by atoms with Crippen molar-refractivity contribution in [2.24, 2.45) is 11.1 Å². The van der Waals surface area contributed by atoms with Crippen LogP contribution in [0.25, 0.3) is 0 Å². The van der Waals surface area contributed by atoms with Gasteiger partial charge in [0.2, 0.25) is 5.91 Å². The number of methoxy groups -OCH3 is 1. The highest BCUT2D eigenvalue weighted by atomic mass is 32.1. The molecule has 0 aliphatic carbocycles. The highest BCUT2D eigenvalue weighted by molar-refractivity contribution is 7.80. The first-order chi connectivity index (χ1) is 8.49. The summed E-state index contributed by atoms with van der Waals surface area (Å²) in [6.45, 7) is 11.3. The predicted molar refractivity (Wildman–Crippen MR) is 83.1 cm³/mol. The quantitative estimate of drug-likeness (QED) is 0.731. The molecule has 0 aromatic carbocycles. The topological polar surface area (TPSA) is 55.6 Å². The molecule has 5 heteroatoms. The fourth-order valence-corrected chi connectivity index (χ4v) is 2.67. The highest BCUT2D eigenvalue weighted by Crippen LogP contribution is 2.31. The van der Waals surface area contributed by atoms with Crippen molar-refractivity contribution in [2.45, 2.75) is 53.0 Å². The molecule has 0 bridgehead atoms. The number of ether oxygens (including phenoxy) is 1. The second-order valence-electron chi connectivity index (χ2n) is 6.74. The third-order valence-electron chi connectivity index (χ3n) is 2.84. The van der Waals surface area contributed by atoms with Gasteiger partial charge in [0.25, 0.3) is 0 Å². The van der Waals surface area contributed by atoms with Gasteiger partial charge in [0, 0.05) is 25.6 Å². The summed E-state index contributed by atoms with van der Waals surface area (Å²) in [7, 11) is 1.53. The number of carbonyl (C=O) groups excluding carboxylic acids is 1. The molecule has 0 radical (unpaired) electrons. The SMILES string of the molecule is COCC(=O)N(CCC(N)=S)C(C)(C)CC(C)(C)C. The normalized spacial score (nSPS) is 12.3. The summed E-state index contributed by atoms with van der Waals surface area (Å²) in [6.07, 6.45) is 1.44. The van der Waals surface area contributed by atoms with Gasteiger partial charge in [0.1, 0.15) is 6.61 Å². The van der Waals surface area contributed by atoms with E-state index < -0.39 is 0 Å². The molecule has 4 nitrogen and oxygen atoms in total. The summed E-state index contributed by atoms with van der Waals surface area (Å²) in [4.78, 5) is 14.5. The smallest absolute Gasteiger partial charge is 0.249 e. The second-order valence-corrected chi connectivity index (χ2v) is 7.27. The average molecular weight is 288 g/mol. The lowest BCUT2D eigenvalue weighted by Crippen LogP contribution is -2.51. The molecule has 0 atom stereocenters. The van der Waals surface area contributed by atoms with Gasteiger partial charge in [-0.15, -0.1) is 0 Å². The van der Waals surface area contributed by atoms with Gasteiger partial charge in [0.15, 0.2) is 0 Å². The average Bonchev–Trinajstić information content (AvgIpc) is 2.12. The zero-order valence-electron chi connectivity index (χ0n) is 13.1. The van der Waals surface area contributed by atoms with Gasteiger partial charge in [-0.3, -0.25) is 4.79 Å². The van der Waals surface area contributed by atoms with Crippen LogP contribution in [0.2, 0.25) is 0 Å². The molecule has 0 aliphatic rings. The van der Waals surface area contributed by atoms with Crippen LogP contribution >= 0.6 is 12.2 Å². The van der Waals surface area contributed by atoms with E-state index in [9.17, 15) is 4.79 Å². The van der Waals surface area contributed by atoms with Crippen LogP contribution in [-0.4, -0.2) is 41.6 Å². The van der Waals surface area contributed by atoms with Crippen molar-refractivity contribution in [3.05, 3.63) is 0 Å². The summed E-state index contributed by atoms with van der Waals surface area (Å²) < 4.78 is 4.96. The predicted octanol–water partition coefficient (Wildman–Crippen LogP) is 2.35. The van der Waals surface area contributed by atoms with Crippen molar-refractivity contribution < 1.29 is 9.53 Å². The van der Waals surface area contributed by atoms with E-state index >= 15 is 0 Å². The van der Waals surface area contributed by atoms with E-state index in [2.05, 4.69) is 34.6 Å². The molecule has 0 rings (SSSR count). The minimum atomic E-state index is -0.251. The Kier molecular flexibility index (Phi) is 6.94. The van der Waals surface area contributed by atoms with Crippen LogP contribution in [-0.2, 0) is 9.53 Å². The van der Waals surface area contributed by atoms with Gasteiger partial charge >= 0.3 is 0 Å². The van der Waals surface area contributed by atoms with Crippen molar-refractivity contribution in [1.82, 2.24) is 4.90 Å².